The number of carbonyl (C=O) groups excluding carboxylic acids is 1. The molecule has 0 fully saturated rings. The molecule has 0 unspecified atom stereocenters. The van der Waals surface area contributed by atoms with Crippen molar-refractivity contribution in [2.45, 2.75) is 32.2 Å². The average molecular weight is 477 g/mol. The van der Waals surface area contributed by atoms with Gasteiger partial charge in [-0.15, -0.1) is 41.9 Å². The second-order valence-electron chi connectivity index (χ2n) is 6.14. The molecule has 2 rings (SSSR count). The molecule has 0 bridgehead atoms. The van der Waals surface area contributed by atoms with E-state index in [0.29, 0.717) is 19.0 Å². The largest absolute Gasteiger partial charge is 0.353 e. The van der Waals surface area contributed by atoms with Crippen LogP contribution in [-0.2, 0) is 24.2 Å². The lowest BCUT2D eigenvalue weighted by molar-refractivity contribution is -0.127. The summed E-state index contributed by atoms with van der Waals surface area (Å²) in [5.41, 5.74) is 1.27. The van der Waals surface area contributed by atoms with Gasteiger partial charge in [0.05, 0.1) is 12.2 Å². The van der Waals surface area contributed by atoms with Crippen molar-refractivity contribution in [3.63, 3.8) is 0 Å². The zero-order chi connectivity index (χ0) is 17.5. The summed E-state index contributed by atoms with van der Waals surface area (Å²) in [6.45, 7) is 5.15. The molecule has 140 valence electrons. The highest BCUT2D eigenvalue weighted by molar-refractivity contribution is 14.0. The Bertz CT molecular complexity index is 591. The number of amides is 1. The van der Waals surface area contributed by atoms with Gasteiger partial charge in [0.2, 0.25) is 5.91 Å². The Labute approximate surface area is 171 Å². The third kappa shape index (κ3) is 6.58. The lowest BCUT2D eigenvalue weighted by Crippen LogP contribution is -2.39. The van der Waals surface area contributed by atoms with E-state index in [1.54, 1.807) is 36.4 Å². The van der Waals surface area contributed by atoms with Crippen molar-refractivity contribution in [1.82, 2.24) is 20.1 Å². The number of thiazole rings is 1. The highest BCUT2D eigenvalue weighted by Crippen LogP contribution is 2.27. The Morgan fingerprint density at radius 2 is 2.08 bits per heavy atom. The topological polar surface area (TPSA) is 60.8 Å². The van der Waals surface area contributed by atoms with Crippen LogP contribution >= 0.6 is 35.3 Å². The predicted molar refractivity (Wildman–Crippen MR) is 115 cm³/mol. The Hall–Kier alpha value is -1.16. The molecule has 0 atom stereocenters. The molecule has 0 aliphatic heterocycles. The van der Waals surface area contributed by atoms with Gasteiger partial charge in [0.15, 0.2) is 5.96 Å². The van der Waals surface area contributed by atoms with Crippen LogP contribution in [0.1, 0.15) is 28.4 Å². The molecule has 6 nitrogen and oxygen atoms in total. The van der Waals surface area contributed by atoms with Crippen LogP contribution < -0.4 is 5.32 Å². The number of fused-ring (bicyclic) bond motifs is 1. The van der Waals surface area contributed by atoms with Gasteiger partial charge in [-0.05, 0) is 25.7 Å². The number of nitrogens with one attached hydrogen (secondary N) is 1. The summed E-state index contributed by atoms with van der Waals surface area (Å²) in [4.78, 5) is 26.0. The van der Waals surface area contributed by atoms with Gasteiger partial charge in [0, 0.05) is 32.6 Å². The maximum atomic E-state index is 11.8. The quantitative estimate of drug-likeness (QED) is 0.296. The van der Waals surface area contributed by atoms with E-state index < -0.39 is 0 Å². The highest BCUT2D eigenvalue weighted by atomic mass is 127. The van der Waals surface area contributed by atoms with Gasteiger partial charge >= 0.3 is 0 Å². The maximum absolute atomic E-state index is 11.8. The molecule has 0 spiro atoms. The number of guanidine groups is 1. The van der Waals surface area contributed by atoms with E-state index in [-0.39, 0.29) is 36.4 Å². The van der Waals surface area contributed by atoms with E-state index in [0.717, 1.165) is 17.8 Å². The van der Waals surface area contributed by atoms with E-state index >= 15 is 0 Å². The zero-order valence-corrected chi connectivity index (χ0v) is 18.4. The average Bonchev–Trinajstić information content (AvgIpc) is 2.96. The molecule has 0 saturated carbocycles. The van der Waals surface area contributed by atoms with Crippen molar-refractivity contribution < 1.29 is 4.79 Å². The number of rotatable bonds is 6. The number of carbonyl (C=O) groups is 1. The van der Waals surface area contributed by atoms with E-state index in [9.17, 15) is 4.79 Å². The minimum Gasteiger partial charge on any atom is -0.353 e. The van der Waals surface area contributed by atoms with Gasteiger partial charge in [-0.1, -0.05) is 6.08 Å². The van der Waals surface area contributed by atoms with Gasteiger partial charge in [0.25, 0.3) is 0 Å². The number of hydrogen-bond donors (Lipinski definition) is 1. The van der Waals surface area contributed by atoms with E-state index in [1.807, 2.05) is 11.9 Å². The number of likely N-dealkylation sites (N-methyl/N-ethyl adjacent to an activating group) is 1. The molecular formula is C17H28IN5OS. The second kappa shape index (κ2) is 10.7. The van der Waals surface area contributed by atoms with Gasteiger partial charge in [-0.25, -0.2) is 9.98 Å². The summed E-state index contributed by atoms with van der Waals surface area (Å²) < 4.78 is 0. The fourth-order valence-corrected chi connectivity index (χ4v) is 3.72. The van der Waals surface area contributed by atoms with Crippen LogP contribution in [-0.4, -0.2) is 60.9 Å². The first-order valence-electron chi connectivity index (χ1n) is 8.29. The standard InChI is InChI=1S/C17H27N5OS.HI/c1-5-10-18-17(19-11-16(23)21(2)3)22(4)12-15-20-13-8-6-7-9-14(13)24-15;/h5H,1,6-12H2,2-4H3,(H,18,19);1H. The molecule has 1 N–H and O–H groups in total. The van der Waals surface area contributed by atoms with Crippen molar-refractivity contribution in [3.05, 3.63) is 28.2 Å². The number of halogens is 1. The van der Waals surface area contributed by atoms with Gasteiger partial charge in [-0.3, -0.25) is 4.79 Å². The Morgan fingerprint density at radius 1 is 1.36 bits per heavy atom. The zero-order valence-electron chi connectivity index (χ0n) is 15.2. The van der Waals surface area contributed by atoms with Crippen LogP contribution in [0.25, 0.3) is 0 Å². The molecular weight excluding hydrogens is 449 g/mol. The minimum absolute atomic E-state index is 0. The first kappa shape index (κ1) is 21.9. The normalized spacial score (nSPS) is 13.5. The lowest BCUT2D eigenvalue weighted by atomic mass is 10.0. The molecule has 1 aliphatic carbocycles. The van der Waals surface area contributed by atoms with Crippen LogP contribution in [0.4, 0.5) is 0 Å². The molecule has 1 aromatic heterocycles. The van der Waals surface area contributed by atoms with Crippen molar-refractivity contribution in [2.24, 2.45) is 4.99 Å². The lowest BCUT2D eigenvalue weighted by Gasteiger charge is -2.21. The highest BCUT2D eigenvalue weighted by Gasteiger charge is 2.17. The molecule has 8 heteroatoms. The summed E-state index contributed by atoms with van der Waals surface area (Å²) in [5.74, 6) is 0.671. The summed E-state index contributed by atoms with van der Waals surface area (Å²) in [6.07, 6.45) is 6.54. The molecule has 1 heterocycles. The number of aryl methyl sites for hydroxylation is 2. The maximum Gasteiger partial charge on any atom is 0.243 e. The van der Waals surface area contributed by atoms with E-state index in [4.69, 9.17) is 4.98 Å². The molecule has 1 aromatic rings. The Kier molecular flexibility index (Phi) is 9.41. The molecule has 0 saturated heterocycles. The summed E-state index contributed by atoms with van der Waals surface area (Å²) >= 11 is 1.80. The van der Waals surface area contributed by atoms with Gasteiger partial charge < -0.3 is 15.1 Å². The molecule has 25 heavy (non-hydrogen) atoms. The fraction of sp³-hybridized carbons (Fsp3) is 0.588. The summed E-state index contributed by atoms with van der Waals surface area (Å²) in [6, 6.07) is 0. The third-order valence-electron chi connectivity index (χ3n) is 3.89. The number of aromatic nitrogens is 1. The van der Waals surface area contributed by atoms with E-state index in [2.05, 4.69) is 16.9 Å². The van der Waals surface area contributed by atoms with Crippen molar-refractivity contribution in [1.29, 1.82) is 0 Å². The van der Waals surface area contributed by atoms with Crippen LogP contribution in [0.2, 0.25) is 0 Å². The van der Waals surface area contributed by atoms with Crippen LogP contribution in [0.5, 0.6) is 0 Å². The van der Waals surface area contributed by atoms with Gasteiger partial charge in [0.1, 0.15) is 11.6 Å². The monoisotopic (exact) mass is 477 g/mol. The van der Waals surface area contributed by atoms with Crippen molar-refractivity contribution >= 4 is 47.2 Å². The van der Waals surface area contributed by atoms with Gasteiger partial charge in [-0.2, -0.15) is 0 Å². The van der Waals surface area contributed by atoms with Crippen LogP contribution in [0.15, 0.2) is 17.6 Å². The molecule has 0 radical (unpaired) electrons. The number of hydrogen-bond acceptors (Lipinski definition) is 4. The van der Waals surface area contributed by atoms with Crippen molar-refractivity contribution in [3.8, 4) is 0 Å². The van der Waals surface area contributed by atoms with Crippen LogP contribution in [0, 0.1) is 0 Å². The Morgan fingerprint density at radius 3 is 2.72 bits per heavy atom. The molecule has 1 amide bonds. The number of aliphatic imine (C=N–C) groups is 1. The smallest absolute Gasteiger partial charge is 0.243 e. The first-order valence-corrected chi connectivity index (χ1v) is 9.11. The SMILES string of the molecule is C=CCNC(=NCC(=O)N(C)C)N(C)Cc1nc2c(s1)CCCC2.I. The third-order valence-corrected chi connectivity index (χ3v) is 5.03. The Balaban J connectivity index is 0.00000312. The fourth-order valence-electron chi connectivity index (χ4n) is 2.51. The van der Waals surface area contributed by atoms with E-state index in [1.165, 1.54) is 23.4 Å². The minimum atomic E-state index is -0.0222. The molecule has 0 aromatic carbocycles. The number of nitrogens with zero attached hydrogens (tertiary/aromatic N) is 4. The first-order chi connectivity index (χ1) is 11.5. The predicted octanol–water partition coefficient (Wildman–Crippen LogP) is 2.29. The molecule has 1 aliphatic rings. The van der Waals surface area contributed by atoms with Crippen LogP contribution in [0.3, 0.4) is 0 Å². The summed E-state index contributed by atoms with van der Waals surface area (Å²) in [5, 5.41) is 4.32. The second-order valence-corrected chi connectivity index (χ2v) is 7.31. The van der Waals surface area contributed by atoms with Crippen molar-refractivity contribution in [2.75, 3.05) is 34.2 Å². The summed E-state index contributed by atoms with van der Waals surface area (Å²) in [7, 11) is 5.44.